The fraction of sp³-hybridized carbons (Fsp3) is 0.417. The molecule has 0 spiro atoms. The van der Waals surface area contributed by atoms with E-state index in [2.05, 4.69) is 15.9 Å². The second kappa shape index (κ2) is 5.01. The second-order valence-corrected chi connectivity index (χ2v) is 5.90. The van der Waals surface area contributed by atoms with Gasteiger partial charge in [-0.1, -0.05) is 0 Å². The molecule has 20 heavy (non-hydrogen) atoms. The number of aliphatic carboxylic acids is 1. The van der Waals surface area contributed by atoms with Crippen molar-refractivity contribution in [2.45, 2.75) is 13.3 Å². The van der Waals surface area contributed by atoms with E-state index in [-0.39, 0.29) is 22.4 Å². The summed E-state index contributed by atoms with van der Waals surface area (Å²) in [4.78, 5) is 23.2. The van der Waals surface area contributed by atoms with Crippen LogP contribution in [0.25, 0.3) is 0 Å². The largest absolute Gasteiger partial charge is 0.481 e. The monoisotopic (exact) mass is 346 g/mol. The summed E-state index contributed by atoms with van der Waals surface area (Å²) < 4.78 is 13.5. The zero-order valence-corrected chi connectivity index (χ0v) is 12.2. The summed E-state index contributed by atoms with van der Waals surface area (Å²) in [5.74, 6) is -1.66. The topological polar surface area (TPSA) is 83.7 Å². The van der Waals surface area contributed by atoms with Crippen LogP contribution in [-0.4, -0.2) is 29.1 Å². The third-order valence-corrected chi connectivity index (χ3v) is 4.15. The lowest BCUT2D eigenvalue weighted by Crippen LogP contribution is -2.31. The number of nitrogens with zero attached hydrogens (tertiary/aromatic N) is 2. The van der Waals surface area contributed by atoms with Crippen LogP contribution < -0.4 is 4.90 Å². The number of hydrogen-bond acceptors (Lipinski definition) is 4. The van der Waals surface area contributed by atoms with Crippen molar-refractivity contribution in [1.82, 2.24) is 0 Å². The quantitative estimate of drug-likeness (QED) is 0.671. The SMILES string of the molecule is CC1(C(=O)O)CCN(c2cc(Br)c(F)cc2[N+](=O)[O-])C1. The van der Waals surface area contributed by atoms with Gasteiger partial charge in [0.1, 0.15) is 11.5 Å². The molecule has 0 aliphatic carbocycles. The van der Waals surface area contributed by atoms with E-state index < -0.39 is 22.1 Å². The van der Waals surface area contributed by atoms with Gasteiger partial charge in [0, 0.05) is 13.1 Å². The number of carboxylic acids is 1. The van der Waals surface area contributed by atoms with Gasteiger partial charge in [-0.05, 0) is 35.3 Å². The average molecular weight is 347 g/mol. The first-order chi connectivity index (χ1) is 9.24. The lowest BCUT2D eigenvalue weighted by molar-refractivity contribution is -0.384. The van der Waals surface area contributed by atoms with Crippen LogP contribution in [0.1, 0.15) is 13.3 Å². The van der Waals surface area contributed by atoms with E-state index in [1.54, 1.807) is 11.8 Å². The van der Waals surface area contributed by atoms with Crippen molar-refractivity contribution in [2.75, 3.05) is 18.0 Å². The Morgan fingerprint density at radius 2 is 2.25 bits per heavy atom. The van der Waals surface area contributed by atoms with Crippen molar-refractivity contribution < 1.29 is 19.2 Å². The summed E-state index contributed by atoms with van der Waals surface area (Å²) in [7, 11) is 0. The fourth-order valence-electron chi connectivity index (χ4n) is 2.27. The molecule has 0 amide bonds. The maximum absolute atomic E-state index is 13.4. The van der Waals surface area contributed by atoms with Gasteiger partial charge in [-0.25, -0.2) is 4.39 Å². The van der Waals surface area contributed by atoms with E-state index >= 15 is 0 Å². The molecule has 1 atom stereocenters. The summed E-state index contributed by atoms with van der Waals surface area (Å²) in [5, 5.41) is 20.2. The molecule has 1 N–H and O–H groups in total. The van der Waals surface area contributed by atoms with Gasteiger partial charge in [0.05, 0.1) is 20.9 Å². The predicted octanol–water partition coefficient (Wildman–Crippen LogP) is 2.80. The minimum Gasteiger partial charge on any atom is -0.481 e. The summed E-state index contributed by atoms with van der Waals surface area (Å²) in [5.41, 5.74) is -1.08. The molecule has 0 saturated carbocycles. The Bertz CT molecular complexity index is 595. The lowest BCUT2D eigenvalue weighted by atomic mass is 9.90. The zero-order valence-electron chi connectivity index (χ0n) is 10.6. The molecule has 1 heterocycles. The number of carboxylic acid groups (broad SMARTS) is 1. The van der Waals surface area contributed by atoms with Crippen molar-refractivity contribution in [1.29, 1.82) is 0 Å². The Hall–Kier alpha value is -1.70. The van der Waals surface area contributed by atoms with Crippen molar-refractivity contribution in [2.24, 2.45) is 5.41 Å². The van der Waals surface area contributed by atoms with E-state index in [9.17, 15) is 24.4 Å². The van der Waals surface area contributed by atoms with E-state index in [1.807, 2.05) is 0 Å². The molecule has 1 aromatic carbocycles. The first-order valence-corrected chi connectivity index (χ1v) is 6.66. The Morgan fingerprint density at radius 1 is 1.60 bits per heavy atom. The maximum atomic E-state index is 13.4. The first-order valence-electron chi connectivity index (χ1n) is 5.86. The summed E-state index contributed by atoms with van der Waals surface area (Å²) in [6, 6.07) is 2.16. The standard InChI is InChI=1S/C12H12BrFN2O4/c1-12(11(17)18)2-3-15(6-12)9-4-7(13)8(14)5-10(9)16(19)20/h4-5H,2-3,6H2,1H3,(H,17,18). The molecule has 1 aliphatic rings. The van der Waals surface area contributed by atoms with E-state index in [4.69, 9.17) is 0 Å². The fourth-order valence-corrected chi connectivity index (χ4v) is 2.60. The number of rotatable bonds is 3. The van der Waals surface area contributed by atoms with Crippen LogP contribution in [0.15, 0.2) is 16.6 Å². The number of halogens is 2. The molecular weight excluding hydrogens is 335 g/mol. The van der Waals surface area contributed by atoms with Crippen LogP contribution in [0.4, 0.5) is 15.8 Å². The highest BCUT2D eigenvalue weighted by Crippen LogP contribution is 2.39. The third kappa shape index (κ3) is 2.47. The van der Waals surface area contributed by atoms with Crippen molar-refractivity contribution >= 4 is 33.3 Å². The molecule has 1 aliphatic heterocycles. The van der Waals surface area contributed by atoms with Gasteiger partial charge in [0.25, 0.3) is 5.69 Å². The molecular formula is C12H12BrFN2O4. The smallest absolute Gasteiger partial charge is 0.311 e. The summed E-state index contributed by atoms with van der Waals surface area (Å²) in [6.07, 6.45) is 0.383. The minimum atomic E-state index is -0.950. The molecule has 1 unspecified atom stereocenters. The Balaban J connectivity index is 2.42. The first kappa shape index (κ1) is 14.7. The van der Waals surface area contributed by atoms with Crippen LogP contribution in [0.2, 0.25) is 0 Å². The second-order valence-electron chi connectivity index (χ2n) is 5.05. The maximum Gasteiger partial charge on any atom is 0.311 e. The molecule has 1 saturated heterocycles. The van der Waals surface area contributed by atoms with Crippen LogP contribution in [0.3, 0.4) is 0 Å². The van der Waals surface area contributed by atoms with Crippen molar-refractivity contribution in [3.05, 3.63) is 32.5 Å². The van der Waals surface area contributed by atoms with Crippen LogP contribution >= 0.6 is 15.9 Å². The molecule has 0 bridgehead atoms. The van der Waals surface area contributed by atoms with E-state index in [0.29, 0.717) is 13.0 Å². The van der Waals surface area contributed by atoms with Gasteiger partial charge in [-0.15, -0.1) is 0 Å². The Labute approximate surface area is 122 Å². The van der Waals surface area contributed by atoms with Gasteiger partial charge >= 0.3 is 5.97 Å². The molecule has 6 nitrogen and oxygen atoms in total. The van der Waals surface area contributed by atoms with Gasteiger partial charge in [-0.3, -0.25) is 14.9 Å². The Kier molecular flexibility index (Phi) is 3.68. The molecule has 1 aromatic rings. The normalized spacial score (nSPS) is 22.1. The predicted molar refractivity (Wildman–Crippen MR) is 73.3 cm³/mol. The number of hydrogen-bond donors (Lipinski definition) is 1. The highest BCUT2D eigenvalue weighted by Gasteiger charge is 2.42. The van der Waals surface area contributed by atoms with Crippen molar-refractivity contribution in [3.8, 4) is 0 Å². The number of anilines is 1. The lowest BCUT2D eigenvalue weighted by Gasteiger charge is -2.21. The third-order valence-electron chi connectivity index (χ3n) is 3.54. The van der Waals surface area contributed by atoms with Gasteiger partial charge in [0.15, 0.2) is 0 Å². The zero-order chi connectivity index (χ0) is 15.1. The Morgan fingerprint density at radius 3 is 2.75 bits per heavy atom. The molecule has 0 aromatic heterocycles. The van der Waals surface area contributed by atoms with Crippen LogP contribution in [-0.2, 0) is 4.79 Å². The number of nitro groups is 1. The number of carbonyl (C=O) groups is 1. The molecule has 1 fully saturated rings. The van der Waals surface area contributed by atoms with Crippen LogP contribution in [0.5, 0.6) is 0 Å². The highest BCUT2D eigenvalue weighted by molar-refractivity contribution is 9.10. The van der Waals surface area contributed by atoms with E-state index in [0.717, 1.165) is 6.07 Å². The molecule has 2 rings (SSSR count). The summed E-state index contributed by atoms with van der Waals surface area (Å²) in [6.45, 7) is 2.13. The number of benzene rings is 1. The molecule has 0 radical (unpaired) electrons. The van der Waals surface area contributed by atoms with Crippen molar-refractivity contribution in [3.63, 3.8) is 0 Å². The van der Waals surface area contributed by atoms with Gasteiger partial charge in [-0.2, -0.15) is 0 Å². The van der Waals surface area contributed by atoms with Crippen LogP contribution in [0, 0.1) is 21.3 Å². The minimum absolute atomic E-state index is 0.113. The molecule has 8 heteroatoms. The number of nitro benzene ring substituents is 1. The van der Waals surface area contributed by atoms with Gasteiger partial charge < -0.3 is 10.0 Å². The van der Waals surface area contributed by atoms with Gasteiger partial charge in [0.2, 0.25) is 0 Å². The molecule has 108 valence electrons. The average Bonchev–Trinajstić information content (AvgIpc) is 2.76. The highest BCUT2D eigenvalue weighted by atomic mass is 79.9. The summed E-state index contributed by atoms with van der Waals surface area (Å²) >= 11 is 2.99. The van der Waals surface area contributed by atoms with E-state index in [1.165, 1.54) is 6.07 Å².